The molecule has 4 rings (SSSR count). The molecule has 1 N–H and O–H groups in total. The number of carbonyl (C=O) groups excluding carboxylic acids is 1. The molecule has 0 aliphatic carbocycles. The Morgan fingerprint density at radius 2 is 1.80 bits per heavy atom. The minimum Gasteiger partial charge on any atom is -0.512 e. The second kappa shape index (κ2) is 10.7. The first-order valence-electron chi connectivity index (χ1n) is 9.25. The number of pyridine rings is 1. The fraction of sp³-hybridized carbons (Fsp3) is 0.120. The molecule has 0 saturated carbocycles. The first-order valence-corrected chi connectivity index (χ1v) is 9.25. The van der Waals surface area contributed by atoms with Crippen LogP contribution in [0.25, 0.3) is 33.7 Å². The van der Waals surface area contributed by atoms with Crippen molar-refractivity contribution in [1.29, 1.82) is 0 Å². The van der Waals surface area contributed by atoms with Crippen LogP contribution in [-0.2, 0) is 24.9 Å². The van der Waals surface area contributed by atoms with Gasteiger partial charge in [0.2, 0.25) is 0 Å². The summed E-state index contributed by atoms with van der Waals surface area (Å²) in [4.78, 5) is 14.7. The van der Waals surface area contributed by atoms with Crippen LogP contribution in [-0.4, -0.2) is 15.9 Å². The molecule has 1 radical (unpaired) electrons. The summed E-state index contributed by atoms with van der Waals surface area (Å²) in [6.07, 6.45) is 1.17. The summed E-state index contributed by atoms with van der Waals surface area (Å²) in [6, 6.07) is 25.3. The number of hydrogen-bond donors (Lipinski definition) is 1. The number of fused-ring (bicyclic) bond motifs is 1. The van der Waals surface area contributed by atoms with Crippen LogP contribution in [0.15, 0.2) is 83.0 Å². The molecule has 0 saturated heterocycles. The first kappa shape index (κ1) is 23.3. The van der Waals surface area contributed by atoms with Crippen molar-refractivity contribution in [1.82, 2.24) is 4.98 Å². The van der Waals surface area contributed by atoms with Crippen molar-refractivity contribution in [3.63, 3.8) is 0 Å². The number of benzene rings is 2. The Bertz CT molecular complexity index is 1140. The zero-order valence-corrected chi connectivity index (χ0v) is 19.4. The molecule has 0 aliphatic rings. The number of hydrogen-bond acceptors (Lipinski definition) is 4. The Morgan fingerprint density at radius 3 is 2.37 bits per heavy atom. The van der Waals surface area contributed by atoms with Gasteiger partial charge in [-0.1, -0.05) is 35.9 Å². The fourth-order valence-electron chi connectivity index (χ4n) is 2.78. The van der Waals surface area contributed by atoms with E-state index in [1.54, 1.807) is 0 Å². The molecule has 0 unspecified atom stereocenters. The van der Waals surface area contributed by atoms with E-state index in [-0.39, 0.29) is 31.6 Å². The Kier molecular flexibility index (Phi) is 8.28. The van der Waals surface area contributed by atoms with Crippen molar-refractivity contribution in [3.8, 4) is 22.6 Å². The van der Waals surface area contributed by atoms with Crippen LogP contribution >= 0.6 is 0 Å². The minimum absolute atomic E-state index is 0. The maximum absolute atomic E-state index is 10.0. The molecule has 0 aliphatic heterocycles. The van der Waals surface area contributed by atoms with Gasteiger partial charge < -0.3 is 9.52 Å². The molecule has 5 heteroatoms. The second-order valence-corrected chi connectivity index (χ2v) is 6.73. The normalized spacial score (nSPS) is 10.7. The van der Waals surface area contributed by atoms with Gasteiger partial charge in [-0.2, -0.15) is 0 Å². The van der Waals surface area contributed by atoms with Crippen LogP contribution in [0.1, 0.15) is 19.4 Å². The third-order valence-corrected chi connectivity index (χ3v) is 4.11. The van der Waals surface area contributed by atoms with E-state index in [0.717, 1.165) is 33.7 Å². The topological polar surface area (TPSA) is 63.3 Å². The smallest absolute Gasteiger partial charge is 0.155 e. The van der Waals surface area contributed by atoms with Crippen molar-refractivity contribution in [2.24, 2.45) is 0 Å². The van der Waals surface area contributed by atoms with Gasteiger partial charge in [-0.15, -0.1) is 35.9 Å². The van der Waals surface area contributed by atoms with Crippen LogP contribution in [0.4, 0.5) is 0 Å². The zero-order valence-electron chi connectivity index (χ0n) is 17.0. The number of aromatic nitrogens is 1. The van der Waals surface area contributed by atoms with Gasteiger partial charge >= 0.3 is 0 Å². The molecule has 0 amide bonds. The summed E-state index contributed by atoms with van der Waals surface area (Å²) < 4.78 is 5.91. The number of furan rings is 1. The summed E-state index contributed by atoms with van der Waals surface area (Å²) in [6.45, 7) is 4.92. The van der Waals surface area contributed by atoms with Gasteiger partial charge in [-0.25, -0.2) is 0 Å². The molecule has 2 aromatic carbocycles. The number of aryl methyl sites for hydroxylation is 1. The van der Waals surface area contributed by atoms with Crippen molar-refractivity contribution in [3.05, 3.63) is 90.2 Å². The van der Waals surface area contributed by atoms with Crippen molar-refractivity contribution in [2.75, 3.05) is 0 Å². The van der Waals surface area contributed by atoms with E-state index in [2.05, 4.69) is 42.2 Å². The zero-order chi connectivity index (χ0) is 20.8. The minimum atomic E-state index is -0.125. The van der Waals surface area contributed by atoms with E-state index in [0.29, 0.717) is 0 Å². The van der Waals surface area contributed by atoms with E-state index in [1.807, 2.05) is 42.5 Å². The molecule has 0 spiro atoms. The van der Waals surface area contributed by atoms with Crippen molar-refractivity contribution >= 4 is 16.9 Å². The van der Waals surface area contributed by atoms with Crippen molar-refractivity contribution < 1.29 is 34.4 Å². The van der Waals surface area contributed by atoms with Crippen LogP contribution in [0.3, 0.4) is 0 Å². The standard InChI is InChI=1S/C20H14NO.C5H8O2.Ir/c1-14-7-9-16(10-8-14)20-13-18-19(22-20)12-11-17(21-18)15-5-3-2-4-6-15;1-4(6)3-5(2)7;/h2-5,7-13H,1H3;3,6H,1-2H3;/q-1;;/b;4-3-;. The van der Waals surface area contributed by atoms with Gasteiger partial charge in [0.15, 0.2) is 11.4 Å². The summed E-state index contributed by atoms with van der Waals surface area (Å²) in [5.74, 6) is 0.782. The van der Waals surface area contributed by atoms with Gasteiger partial charge in [-0.05, 0) is 32.5 Å². The maximum atomic E-state index is 10.0. The van der Waals surface area contributed by atoms with Gasteiger partial charge in [0.25, 0.3) is 0 Å². The van der Waals surface area contributed by atoms with Crippen LogP contribution in [0.2, 0.25) is 0 Å². The predicted octanol–water partition coefficient (Wildman–Crippen LogP) is 6.31. The molecule has 2 heterocycles. The fourth-order valence-corrected chi connectivity index (χ4v) is 2.78. The quantitative estimate of drug-likeness (QED) is 0.177. The molecule has 2 aromatic heterocycles. The van der Waals surface area contributed by atoms with Crippen LogP contribution in [0, 0.1) is 13.0 Å². The Balaban J connectivity index is 0.000000350. The third-order valence-electron chi connectivity index (χ3n) is 4.11. The SMILES string of the molecule is CC(=O)/C=C(/C)O.Cc1ccc(-c2cc3nc(-c4[c-]cccc4)ccc3o2)cc1.[Ir]. The van der Waals surface area contributed by atoms with E-state index in [9.17, 15) is 4.79 Å². The predicted molar refractivity (Wildman–Crippen MR) is 116 cm³/mol. The van der Waals surface area contributed by atoms with Gasteiger partial charge in [0.05, 0.1) is 11.3 Å². The number of aliphatic hydroxyl groups excluding tert-OH is 1. The maximum Gasteiger partial charge on any atom is 0.155 e. The number of allylic oxidation sites excluding steroid dienone is 2. The average Bonchev–Trinajstić information content (AvgIpc) is 3.12. The second-order valence-electron chi connectivity index (χ2n) is 6.73. The summed E-state index contributed by atoms with van der Waals surface area (Å²) in [7, 11) is 0. The first-order chi connectivity index (χ1) is 13.9. The Hall–Kier alpha value is -3.01. The number of ketones is 1. The van der Waals surface area contributed by atoms with E-state index >= 15 is 0 Å². The summed E-state index contributed by atoms with van der Waals surface area (Å²) in [5, 5.41) is 8.36. The molecule has 4 nitrogen and oxygen atoms in total. The molecule has 0 bridgehead atoms. The average molecular weight is 577 g/mol. The van der Waals surface area contributed by atoms with Gasteiger partial charge in [-0.3, -0.25) is 9.78 Å². The third kappa shape index (κ3) is 6.24. The van der Waals surface area contributed by atoms with Crippen molar-refractivity contribution in [2.45, 2.75) is 20.8 Å². The molecule has 4 aromatic rings. The van der Waals surface area contributed by atoms with E-state index in [1.165, 1.54) is 25.5 Å². The summed E-state index contributed by atoms with van der Waals surface area (Å²) >= 11 is 0. The number of carbonyl (C=O) groups is 1. The Labute approximate surface area is 189 Å². The number of aliphatic hydroxyl groups is 1. The molecule has 0 atom stereocenters. The molecule has 30 heavy (non-hydrogen) atoms. The van der Waals surface area contributed by atoms with Gasteiger partial charge in [0, 0.05) is 37.8 Å². The number of nitrogens with zero attached hydrogens (tertiary/aromatic N) is 1. The molecule has 0 fully saturated rings. The molecular weight excluding hydrogens is 554 g/mol. The largest absolute Gasteiger partial charge is 0.512 e. The summed E-state index contributed by atoms with van der Waals surface area (Å²) in [5.41, 5.74) is 5.86. The molecular formula is C25H22IrNO3-. The van der Waals surface area contributed by atoms with E-state index in [4.69, 9.17) is 9.52 Å². The Morgan fingerprint density at radius 1 is 1.07 bits per heavy atom. The molecule has 155 valence electrons. The van der Waals surface area contributed by atoms with E-state index < -0.39 is 0 Å². The van der Waals surface area contributed by atoms with Gasteiger partial charge in [0.1, 0.15) is 5.76 Å². The van der Waals surface area contributed by atoms with Crippen LogP contribution < -0.4 is 0 Å². The van der Waals surface area contributed by atoms with Crippen LogP contribution in [0.5, 0.6) is 0 Å². The number of rotatable bonds is 3. The monoisotopic (exact) mass is 577 g/mol.